The van der Waals surface area contributed by atoms with Gasteiger partial charge in [-0.3, -0.25) is 9.36 Å². The van der Waals surface area contributed by atoms with Crippen molar-refractivity contribution >= 4 is 16.8 Å². The van der Waals surface area contributed by atoms with Crippen LogP contribution in [-0.2, 0) is 0 Å². The lowest BCUT2D eigenvalue weighted by Crippen LogP contribution is -2.07. The number of carbonyl (C=O) groups is 1. The molecular weight excluding hydrogens is 262 g/mol. The number of rotatable bonds is 2. The predicted molar refractivity (Wildman–Crippen MR) is 85.0 cm³/mol. The summed E-state index contributed by atoms with van der Waals surface area (Å²) in [6, 6.07) is 15.9. The van der Waals surface area contributed by atoms with Gasteiger partial charge in [-0.15, -0.1) is 0 Å². The van der Waals surface area contributed by atoms with Crippen LogP contribution in [0.25, 0.3) is 22.2 Å². The predicted octanol–water partition coefficient (Wildman–Crippen LogP) is 4.29. The van der Waals surface area contributed by atoms with Crippen LogP contribution in [0.2, 0.25) is 0 Å². The molecule has 0 bridgehead atoms. The Morgan fingerprint density at radius 3 is 2.57 bits per heavy atom. The van der Waals surface area contributed by atoms with Gasteiger partial charge in [-0.2, -0.15) is 0 Å². The van der Waals surface area contributed by atoms with Gasteiger partial charge in [0.1, 0.15) is 5.75 Å². The van der Waals surface area contributed by atoms with Crippen molar-refractivity contribution in [2.75, 3.05) is 7.11 Å². The Hall–Kier alpha value is -2.55. The van der Waals surface area contributed by atoms with Crippen molar-refractivity contribution < 1.29 is 9.53 Å². The second-order valence-electron chi connectivity index (χ2n) is 5.15. The van der Waals surface area contributed by atoms with Gasteiger partial charge in [-0.25, -0.2) is 0 Å². The maximum Gasteiger partial charge on any atom is 0.228 e. The van der Waals surface area contributed by atoms with Gasteiger partial charge < -0.3 is 4.74 Å². The van der Waals surface area contributed by atoms with E-state index in [2.05, 4.69) is 0 Å². The molecule has 0 aliphatic heterocycles. The minimum Gasteiger partial charge on any atom is -0.496 e. The minimum atomic E-state index is -0.00571. The standard InChI is InChI=1S/C18H17NO2/c1-12-8-9-15(18(10-12)21-3)17-11-14-6-4-5-7-16(14)19(17)13(2)20/h4-11H,1-3H3. The number of aryl methyl sites for hydroxylation is 1. The third-order valence-electron chi connectivity index (χ3n) is 3.66. The molecule has 1 heterocycles. The second-order valence-corrected chi connectivity index (χ2v) is 5.15. The number of hydrogen-bond acceptors (Lipinski definition) is 2. The molecule has 0 fully saturated rings. The molecule has 0 unspecified atom stereocenters. The normalized spacial score (nSPS) is 10.8. The average Bonchev–Trinajstić information content (AvgIpc) is 2.86. The molecule has 3 rings (SSSR count). The first kappa shape index (κ1) is 13.4. The number of nitrogens with zero attached hydrogens (tertiary/aromatic N) is 1. The van der Waals surface area contributed by atoms with E-state index in [1.807, 2.05) is 55.5 Å². The molecule has 0 radical (unpaired) electrons. The number of methoxy groups -OCH3 is 1. The van der Waals surface area contributed by atoms with E-state index in [4.69, 9.17) is 4.74 Å². The zero-order chi connectivity index (χ0) is 15.0. The summed E-state index contributed by atoms with van der Waals surface area (Å²) in [5, 5.41) is 1.05. The summed E-state index contributed by atoms with van der Waals surface area (Å²) in [4.78, 5) is 12.1. The van der Waals surface area contributed by atoms with Crippen molar-refractivity contribution in [2.24, 2.45) is 0 Å². The molecule has 0 saturated heterocycles. The highest BCUT2D eigenvalue weighted by molar-refractivity contribution is 5.98. The molecule has 0 saturated carbocycles. The Kier molecular flexibility index (Phi) is 3.26. The molecule has 1 aromatic heterocycles. The monoisotopic (exact) mass is 279 g/mol. The first-order valence-corrected chi connectivity index (χ1v) is 6.88. The van der Waals surface area contributed by atoms with Crippen molar-refractivity contribution in [2.45, 2.75) is 13.8 Å². The minimum absolute atomic E-state index is 0.00571. The fourth-order valence-electron chi connectivity index (χ4n) is 2.70. The number of aromatic nitrogens is 1. The Bertz CT molecular complexity index is 830. The first-order valence-electron chi connectivity index (χ1n) is 6.88. The van der Waals surface area contributed by atoms with Gasteiger partial charge in [0.05, 0.1) is 18.3 Å². The van der Waals surface area contributed by atoms with Crippen LogP contribution in [0.15, 0.2) is 48.5 Å². The molecular formula is C18H17NO2. The number of benzene rings is 2. The van der Waals surface area contributed by atoms with E-state index in [9.17, 15) is 4.79 Å². The maximum atomic E-state index is 12.1. The lowest BCUT2D eigenvalue weighted by Gasteiger charge is -2.11. The van der Waals surface area contributed by atoms with Gasteiger partial charge in [0.2, 0.25) is 5.91 Å². The van der Waals surface area contributed by atoms with Crippen LogP contribution in [-0.4, -0.2) is 17.6 Å². The van der Waals surface area contributed by atoms with Crippen molar-refractivity contribution in [3.63, 3.8) is 0 Å². The zero-order valence-electron chi connectivity index (χ0n) is 12.4. The van der Waals surface area contributed by atoms with Crippen LogP contribution in [0, 0.1) is 6.92 Å². The fraction of sp³-hybridized carbons (Fsp3) is 0.167. The van der Waals surface area contributed by atoms with Crippen LogP contribution >= 0.6 is 0 Å². The summed E-state index contributed by atoms with van der Waals surface area (Å²) in [7, 11) is 1.65. The average molecular weight is 279 g/mol. The summed E-state index contributed by atoms with van der Waals surface area (Å²) in [6.07, 6.45) is 0. The SMILES string of the molecule is COc1cc(C)ccc1-c1cc2ccccc2n1C(C)=O. The molecule has 0 aliphatic carbocycles. The first-order chi connectivity index (χ1) is 10.1. The van der Waals surface area contributed by atoms with Gasteiger partial charge in [-0.05, 0) is 36.8 Å². The van der Waals surface area contributed by atoms with Gasteiger partial charge in [0.25, 0.3) is 0 Å². The second kappa shape index (κ2) is 5.09. The highest BCUT2D eigenvalue weighted by Gasteiger charge is 2.16. The van der Waals surface area contributed by atoms with Crippen molar-refractivity contribution in [1.82, 2.24) is 4.57 Å². The number of hydrogen-bond donors (Lipinski definition) is 0. The molecule has 106 valence electrons. The molecule has 3 heteroatoms. The largest absolute Gasteiger partial charge is 0.496 e. The van der Waals surface area contributed by atoms with Crippen LogP contribution in [0.5, 0.6) is 5.75 Å². The number of ether oxygens (including phenoxy) is 1. The van der Waals surface area contributed by atoms with E-state index in [0.29, 0.717) is 0 Å². The van der Waals surface area contributed by atoms with Gasteiger partial charge >= 0.3 is 0 Å². The maximum absolute atomic E-state index is 12.1. The molecule has 0 amide bonds. The molecule has 3 aromatic rings. The molecule has 0 aliphatic rings. The third-order valence-corrected chi connectivity index (χ3v) is 3.66. The lowest BCUT2D eigenvalue weighted by atomic mass is 10.1. The number of para-hydroxylation sites is 1. The van der Waals surface area contributed by atoms with E-state index < -0.39 is 0 Å². The summed E-state index contributed by atoms with van der Waals surface area (Å²) in [5.41, 5.74) is 3.83. The van der Waals surface area contributed by atoms with Crippen molar-refractivity contribution in [3.05, 3.63) is 54.1 Å². The molecule has 0 atom stereocenters. The Morgan fingerprint density at radius 2 is 1.86 bits per heavy atom. The van der Waals surface area contributed by atoms with Crippen molar-refractivity contribution in [1.29, 1.82) is 0 Å². The van der Waals surface area contributed by atoms with Gasteiger partial charge in [0, 0.05) is 17.9 Å². The summed E-state index contributed by atoms with van der Waals surface area (Å²) in [5.74, 6) is 0.772. The lowest BCUT2D eigenvalue weighted by molar-refractivity contribution is 0.0943. The number of fused-ring (bicyclic) bond motifs is 1. The Balaban J connectivity index is 2.35. The van der Waals surface area contributed by atoms with Crippen LogP contribution < -0.4 is 4.74 Å². The highest BCUT2D eigenvalue weighted by atomic mass is 16.5. The van der Waals surface area contributed by atoms with E-state index in [-0.39, 0.29) is 5.91 Å². The van der Waals surface area contributed by atoms with Gasteiger partial charge in [0.15, 0.2) is 0 Å². The fourth-order valence-corrected chi connectivity index (χ4v) is 2.70. The topological polar surface area (TPSA) is 31.2 Å². The smallest absolute Gasteiger partial charge is 0.228 e. The van der Waals surface area contributed by atoms with Crippen LogP contribution in [0.3, 0.4) is 0 Å². The quantitative estimate of drug-likeness (QED) is 0.701. The molecule has 0 spiro atoms. The summed E-state index contributed by atoms with van der Waals surface area (Å²) >= 11 is 0. The van der Waals surface area contributed by atoms with Crippen LogP contribution in [0.1, 0.15) is 17.3 Å². The van der Waals surface area contributed by atoms with Crippen LogP contribution in [0.4, 0.5) is 0 Å². The number of carbonyl (C=O) groups excluding carboxylic acids is 1. The van der Waals surface area contributed by atoms with E-state index in [0.717, 1.165) is 33.5 Å². The van der Waals surface area contributed by atoms with Gasteiger partial charge in [-0.1, -0.05) is 24.3 Å². The molecule has 21 heavy (non-hydrogen) atoms. The Labute approximate surface area is 123 Å². The molecule has 3 nitrogen and oxygen atoms in total. The van der Waals surface area contributed by atoms with E-state index in [1.165, 1.54) is 0 Å². The summed E-state index contributed by atoms with van der Waals surface area (Å²) in [6.45, 7) is 3.60. The van der Waals surface area contributed by atoms with E-state index in [1.54, 1.807) is 18.6 Å². The highest BCUT2D eigenvalue weighted by Crippen LogP contribution is 2.34. The third kappa shape index (κ3) is 2.21. The summed E-state index contributed by atoms with van der Waals surface area (Å²) < 4.78 is 7.23. The van der Waals surface area contributed by atoms with Crippen molar-refractivity contribution in [3.8, 4) is 17.0 Å². The molecule has 2 aromatic carbocycles. The Morgan fingerprint density at radius 1 is 1.10 bits per heavy atom. The molecule has 0 N–H and O–H groups in total. The zero-order valence-corrected chi connectivity index (χ0v) is 12.4. The van der Waals surface area contributed by atoms with E-state index >= 15 is 0 Å².